The fourth-order valence-corrected chi connectivity index (χ4v) is 0.194. The van der Waals surface area contributed by atoms with Gasteiger partial charge in [0.1, 0.15) is 0 Å². The standard InChI is InChI=1S/C4H9NS/c1-4(3-6)5-2/h3,5-6H,1-2H3/b4-3-. The first-order valence-corrected chi connectivity index (χ1v) is 2.31. The topological polar surface area (TPSA) is 12.0 Å². The molecule has 0 atom stereocenters. The number of nitrogens with one attached hydrogen (secondary N) is 1. The van der Waals surface area contributed by atoms with Crippen molar-refractivity contribution in [2.45, 2.75) is 6.92 Å². The van der Waals surface area contributed by atoms with E-state index in [4.69, 9.17) is 0 Å². The van der Waals surface area contributed by atoms with E-state index in [1.807, 2.05) is 14.0 Å². The van der Waals surface area contributed by atoms with Gasteiger partial charge in [-0.3, -0.25) is 0 Å². The number of rotatable bonds is 1. The molecule has 2 heteroatoms. The summed E-state index contributed by atoms with van der Waals surface area (Å²) < 4.78 is 0. The Balaban J connectivity index is 3.22. The van der Waals surface area contributed by atoms with E-state index in [9.17, 15) is 0 Å². The van der Waals surface area contributed by atoms with E-state index < -0.39 is 0 Å². The van der Waals surface area contributed by atoms with Crippen molar-refractivity contribution in [2.24, 2.45) is 0 Å². The lowest BCUT2D eigenvalue weighted by Gasteiger charge is -1.90. The Hall–Kier alpha value is -0.110. The quantitative estimate of drug-likeness (QED) is 0.472. The minimum atomic E-state index is 1.08. The molecule has 0 saturated heterocycles. The second-order valence-electron chi connectivity index (χ2n) is 1.06. The summed E-state index contributed by atoms with van der Waals surface area (Å²) in [4.78, 5) is 0. The summed E-state index contributed by atoms with van der Waals surface area (Å²) in [6.07, 6.45) is 0. The van der Waals surface area contributed by atoms with E-state index in [2.05, 4.69) is 17.9 Å². The van der Waals surface area contributed by atoms with Gasteiger partial charge in [0.15, 0.2) is 0 Å². The van der Waals surface area contributed by atoms with Gasteiger partial charge in [0.2, 0.25) is 0 Å². The van der Waals surface area contributed by atoms with Gasteiger partial charge in [0, 0.05) is 12.7 Å². The van der Waals surface area contributed by atoms with Crippen LogP contribution in [0.3, 0.4) is 0 Å². The SMILES string of the molecule is CN/C(C)=C\S. The van der Waals surface area contributed by atoms with E-state index in [1.165, 1.54) is 0 Å². The lowest BCUT2D eigenvalue weighted by Crippen LogP contribution is -1.99. The Bertz CT molecular complexity index is 58.6. The van der Waals surface area contributed by atoms with Crippen molar-refractivity contribution in [3.8, 4) is 0 Å². The molecule has 1 nitrogen and oxygen atoms in total. The lowest BCUT2D eigenvalue weighted by atomic mass is 10.6. The summed E-state index contributed by atoms with van der Waals surface area (Å²) >= 11 is 3.87. The zero-order chi connectivity index (χ0) is 4.99. The molecule has 0 rings (SSSR count). The zero-order valence-corrected chi connectivity index (χ0v) is 4.92. The summed E-state index contributed by atoms with van der Waals surface area (Å²) in [6.45, 7) is 1.95. The number of thiol groups is 1. The van der Waals surface area contributed by atoms with Crippen LogP contribution >= 0.6 is 12.6 Å². The van der Waals surface area contributed by atoms with Gasteiger partial charge in [0.25, 0.3) is 0 Å². The molecule has 0 aliphatic rings. The van der Waals surface area contributed by atoms with Crippen molar-refractivity contribution in [1.29, 1.82) is 0 Å². The molecule has 0 saturated carbocycles. The summed E-state index contributed by atoms with van der Waals surface area (Å²) in [6, 6.07) is 0. The van der Waals surface area contributed by atoms with Gasteiger partial charge in [-0.2, -0.15) is 0 Å². The van der Waals surface area contributed by atoms with Crippen LogP contribution in [0.25, 0.3) is 0 Å². The maximum absolute atomic E-state index is 3.87. The number of hydrogen-bond donors (Lipinski definition) is 2. The normalized spacial score (nSPS) is 11.5. The van der Waals surface area contributed by atoms with Gasteiger partial charge in [-0.05, 0) is 12.3 Å². The molecule has 36 valence electrons. The highest BCUT2D eigenvalue weighted by Crippen LogP contribution is 1.84. The van der Waals surface area contributed by atoms with Crippen LogP contribution in [0.1, 0.15) is 6.92 Å². The van der Waals surface area contributed by atoms with Crippen LogP contribution in [-0.4, -0.2) is 7.05 Å². The molecule has 1 N–H and O–H groups in total. The van der Waals surface area contributed by atoms with Crippen LogP contribution < -0.4 is 5.32 Å². The number of hydrogen-bond acceptors (Lipinski definition) is 2. The molecule has 0 aliphatic heterocycles. The Morgan fingerprint density at radius 2 is 2.33 bits per heavy atom. The molecular weight excluding hydrogens is 94.1 g/mol. The highest BCUT2D eigenvalue weighted by Gasteiger charge is 1.70. The van der Waals surface area contributed by atoms with Crippen molar-refractivity contribution >= 4 is 12.6 Å². The Labute approximate surface area is 43.8 Å². The second kappa shape index (κ2) is 3.09. The maximum atomic E-state index is 3.87. The molecule has 0 aromatic rings. The molecule has 0 aromatic carbocycles. The van der Waals surface area contributed by atoms with Crippen LogP contribution in [0, 0.1) is 0 Å². The first-order valence-electron chi connectivity index (χ1n) is 1.80. The monoisotopic (exact) mass is 103 g/mol. The molecule has 6 heavy (non-hydrogen) atoms. The van der Waals surface area contributed by atoms with Crippen molar-refractivity contribution in [1.82, 2.24) is 5.32 Å². The molecule has 0 unspecified atom stereocenters. The molecule has 0 amide bonds. The van der Waals surface area contributed by atoms with Crippen LogP contribution in [-0.2, 0) is 0 Å². The first-order chi connectivity index (χ1) is 2.81. The van der Waals surface area contributed by atoms with Gasteiger partial charge in [0.05, 0.1) is 0 Å². The van der Waals surface area contributed by atoms with E-state index in [-0.39, 0.29) is 0 Å². The van der Waals surface area contributed by atoms with Gasteiger partial charge >= 0.3 is 0 Å². The fourth-order valence-electron chi connectivity index (χ4n) is 0.0645. The molecule has 0 spiro atoms. The molecule has 0 heterocycles. The zero-order valence-electron chi connectivity index (χ0n) is 4.02. The van der Waals surface area contributed by atoms with Gasteiger partial charge in [-0.25, -0.2) is 0 Å². The van der Waals surface area contributed by atoms with Crippen molar-refractivity contribution in [3.63, 3.8) is 0 Å². The van der Waals surface area contributed by atoms with Crippen LogP contribution in [0.15, 0.2) is 11.1 Å². The second-order valence-corrected chi connectivity index (χ2v) is 1.32. The predicted octanol–water partition coefficient (Wildman–Crippen LogP) is 0.997. The third kappa shape index (κ3) is 2.15. The lowest BCUT2D eigenvalue weighted by molar-refractivity contribution is 0.996. The van der Waals surface area contributed by atoms with Crippen molar-refractivity contribution in [3.05, 3.63) is 11.1 Å². The molecule has 0 aromatic heterocycles. The highest BCUT2D eigenvalue weighted by molar-refractivity contribution is 7.83. The summed E-state index contributed by atoms with van der Waals surface area (Å²) in [5.41, 5.74) is 1.08. The smallest absolute Gasteiger partial charge is 0.0134 e. The molecule has 0 aliphatic carbocycles. The van der Waals surface area contributed by atoms with Gasteiger partial charge in [-0.15, -0.1) is 12.6 Å². The average molecular weight is 103 g/mol. The highest BCUT2D eigenvalue weighted by atomic mass is 32.1. The largest absolute Gasteiger partial charge is 0.391 e. The van der Waals surface area contributed by atoms with Crippen LogP contribution in [0.4, 0.5) is 0 Å². The van der Waals surface area contributed by atoms with E-state index in [0.29, 0.717) is 0 Å². The molecule has 0 bridgehead atoms. The fraction of sp³-hybridized carbons (Fsp3) is 0.500. The van der Waals surface area contributed by atoms with Gasteiger partial charge < -0.3 is 5.32 Å². The summed E-state index contributed by atoms with van der Waals surface area (Å²) in [7, 11) is 1.86. The van der Waals surface area contributed by atoms with Gasteiger partial charge in [-0.1, -0.05) is 0 Å². The van der Waals surface area contributed by atoms with Crippen LogP contribution in [0.2, 0.25) is 0 Å². The van der Waals surface area contributed by atoms with Crippen LogP contribution in [0.5, 0.6) is 0 Å². The minimum Gasteiger partial charge on any atom is -0.391 e. The molecule has 0 radical (unpaired) electrons. The summed E-state index contributed by atoms with van der Waals surface area (Å²) in [5.74, 6) is 0. The van der Waals surface area contributed by atoms with Crippen molar-refractivity contribution < 1.29 is 0 Å². The molecular formula is C4H9NS. The Morgan fingerprint density at radius 1 is 1.83 bits per heavy atom. The maximum Gasteiger partial charge on any atom is 0.0134 e. The number of allylic oxidation sites excluding steroid dienone is 1. The Morgan fingerprint density at radius 3 is 2.33 bits per heavy atom. The van der Waals surface area contributed by atoms with E-state index in [0.717, 1.165) is 5.70 Å². The molecule has 0 fully saturated rings. The van der Waals surface area contributed by atoms with Crippen molar-refractivity contribution in [2.75, 3.05) is 7.05 Å². The third-order valence-electron chi connectivity index (χ3n) is 0.588. The first kappa shape index (κ1) is 5.89. The van der Waals surface area contributed by atoms with E-state index in [1.54, 1.807) is 5.41 Å². The minimum absolute atomic E-state index is 1.08. The predicted molar refractivity (Wildman–Crippen MR) is 31.8 cm³/mol. The average Bonchev–Trinajstić information content (AvgIpc) is 1.65. The summed E-state index contributed by atoms with van der Waals surface area (Å²) in [5, 5.41) is 4.62. The third-order valence-corrected chi connectivity index (χ3v) is 0.975. The van der Waals surface area contributed by atoms with E-state index >= 15 is 0 Å². The Kier molecular flexibility index (Phi) is 3.04.